The molecule has 5 rings (SSSR count). The van der Waals surface area contributed by atoms with Gasteiger partial charge in [0.05, 0.1) is 0 Å². The average molecular weight is 421 g/mol. The molecule has 5 aromatic rings. The van der Waals surface area contributed by atoms with E-state index in [4.69, 9.17) is 11.6 Å². The maximum Gasteiger partial charge on any atom is 0.280 e. The van der Waals surface area contributed by atoms with Gasteiger partial charge in [0.15, 0.2) is 5.82 Å². The number of nitrogens with one attached hydrogen (secondary N) is 1. The number of halogens is 2. The zero-order valence-electron chi connectivity index (χ0n) is 15.7. The van der Waals surface area contributed by atoms with Crippen molar-refractivity contribution in [2.24, 2.45) is 7.05 Å². The van der Waals surface area contributed by atoms with Gasteiger partial charge >= 0.3 is 0 Å². The Kier molecular flexibility index (Phi) is 4.22. The van der Waals surface area contributed by atoms with Crippen LogP contribution in [-0.2, 0) is 7.05 Å². The van der Waals surface area contributed by atoms with Gasteiger partial charge in [0.25, 0.3) is 5.56 Å². The molecule has 0 amide bonds. The second-order valence-electron chi connectivity index (χ2n) is 6.79. The van der Waals surface area contributed by atoms with Gasteiger partial charge < -0.3 is 9.55 Å². The molecule has 0 spiro atoms. The second kappa shape index (κ2) is 6.93. The van der Waals surface area contributed by atoms with Gasteiger partial charge in [-0.2, -0.15) is 0 Å². The second-order valence-corrected chi connectivity index (χ2v) is 7.18. The van der Waals surface area contributed by atoms with Gasteiger partial charge in [0.1, 0.15) is 28.6 Å². The first-order chi connectivity index (χ1) is 14.5. The summed E-state index contributed by atoms with van der Waals surface area (Å²) < 4.78 is 17.2. The molecule has 0 radical (unpaired) electrons. The van der Waals surface area contributed by atoms with Crippen LogP contribution in [0.25, 0.3) is 39.2 Å². The van der Waals surface area contributed by atoms with E-state index in [0.717, 1.165) is 5.39 Å². The summed E-state index contributed by atoms with van der Waals surface area (Å²) in [6.45, 7) is 0. The van der Waals surface area contributed by atoms with Gasteiger partial charge in [0, 0.05) is 30.4 Å². The molecule has 0 unspecified atom stereocenters. The quantitative estimate of drug-likeness (QED) is 0.448. The van der Waals surface area contributed by atoms with Gasteiger partial charge in [-0.05, 0) is 47.5 Å². The van der Waals surface area contributed by atoms with Crippen molar-refractivity contribution in [3.63, 3.8) is 0 Å². The van der Waals surface area contributed by atoms with Crippen LogP contribution in [-0.4, -0.2) is 29.3 Å². The molecule has 0 aliphatic carbocycles. The summed E-state index contributed by atoms with van der Waals surface area (Å²) in [6.07, 6.45) is 4.90. The van der Waals surface area contributed by atoms with Crippen LogP contribution < -0.4 is 5.56 Å². The fraction of sp³-hybridized carbons (Fsp3) is 0.0476. The zero-order valence-corrected chi connectivity index (χ0v) is 16.4. The summed E-state index contributed by atoms with van der Waals surface area (Å²) in [5.41, 5.74) is 2.14. The van der Waals surface area contributed by atoms with Crippen LogP contribution in [0.2, 0.25) is 5.15 Å². The van der Waals surface area contributed by atoms with Gasteiger partial charge in [-0.1, -0.05) is 17.7 Å². The summed E-state index contributed by atoms with van der Waals surface area (Å²) in [7, 11) is 1.78. The van der Waals surface area contributed by atoms with Crippen molar-refractivity contribution < 1.29 is 4.39 Å². The van der Waals surface area contributed by atoms with Crippen LogP contribution in [0.15, 0.2) is 66.0 Å². The number of hydrogen-bond donors (Lipinski definition) is 1. The van der Waals surface area contributed by atoms with Gasteiger partial charge in [-0.25, -0.2) is 9.37 Å². The Hall–Kier alpha value is -3.78. The molecule has 0 aliphatic rings. The molecule has 1 N–H and O–H groups in total. The highest BCUT2D eigenvalue weighted by atomic mass is 35.5. The lowest BCUT2D eigenvalue weighted by Gasteiger charge is -2.12. The first kappa shape index (κ1) is 18.3. The summed E-state index contributed by atoms with van der Waals surface area (Å²) in [4.78, 5) is 20.1. The van der Waals surface area contributed by atoms with Gasteiger partial charge in [-0.15, -0.1) is 10.2 Å². The summed E-state index contributed by atoms with van der Waals surface area (Å²) >= 11 is 6.30. The first-order valence-corrected chi connectivity index (χ1v) is 9.40. The van der Waals surface area contributed by atoms with Crippen LogP contribution in [0.5, 0.6) is 0 Å². The molecule has 1 aromatic carbocycles. The standard InChI is InChI=1S/C21H14ClFN6O/c1-28-11-25-27-20(28)16-10-14(23)2-3-15(16)13-8-17(22)26-18(9-13)29-7-5-12-4-6-24-19(12)21(29)30/h2-11,24H,1H3. The monoisotopic (exact) mass is 420 g/mol. The number of hydrogen-bond acceptors (Lipinski definition) is 4. The molecule has 30 heavy (non-hydrogen) atoms. The van der Waals surface area contributed by atoms with E-state index in [1.165, 1.54) is 16.7 Å². The molecule has 7 nitrogen and oxygen atoms in total. The number of H-pyrrole nitrogens is 1. The lowest BCUT2D eigenvalue weighted by atomic mass is 9.99. The highest BCUT2D eigenvalue weighted by Crippen LogP contribution is 2.33. The summed E-state index contributed by atoms with van der Waals surface area (Å²) in [6, 6.07) is 11.4. The van der Waals surface area contributed by atoms with Crippen molar-refractivity contribution in [2.45, 2.75) is 0 Å². The smallest absolute Gasteiger partial charge is 0.280 e. The van der Waals surface area contributed by atoms with E-state index in [1.807, 2.05) is 12.1 Å². The third-order valence-corrected chi connectivity index (χ3v) is 5.08. The number of aromatic nitrogens is 6. The average Bonchev–Trinajstić information content (AvgIpc) is 3.37. The Morgan fingerprint density at radius 3 is 2.77 bits per heavy atom. The molecule has 0 atom stereocenters. The Morgan fingerprint density at radius 2 is 1.97 bits per heavy atom. The number of aromatic amines is 1. The molecule has 0 bridgehead atoms. The Bertz CT molecular complexity index is 1470. The van der Waals surface area contributed by atoms with Crippen molar-refractivity contribution in [1.29, 1.82) is 0 Å². The maximum absolute atomic E-state index is 14.0. The van der Waals surface area contributed by atoms with E-state index in [0.29, 0.717) is 33.8 Å². The van der Waals surface area contributed by atoms with Crippen molar-refractivity contribution in [2.75, 3.05) is 0 Å². The fourth-order valence-corrected chi connectivity index (χ4v) is 3.68. The van der Waals surface area contributed by atoms with Crippen molar-refractivity contribution in [3.8, 4) is 28.3 Å². The first-order valence-electron chi connectivity index (χ1n) is 9.02. The normalized spacial score (nSPS) is 11.3. The minimum Gasteiger partial charge on any atom is -0.357 e. The van der Waals surface area contributed by atoms with Crippen LogP contribution in [0, 0.1) is 5.82 Å². The summed E-state index contributed by atoms with van der Waals surface area (Å²) in [5, 5.41) is 8.99. The fourth-order valence-electron chi connectivity index (χ4n) is 3.47. The van der Waals surface area contributed by atoms with E-state index in [9.17, 15) is 9.18 Å². The largest absolute Gasteiger partial charge is 0.357 e. The molecule has 148 valence electrons. The van der Waals surface area contributed by atoms with Crippen LogP contribution in [0.4, 0.5) is 4.39 Å². The van der Waals surface area contributed by atoms with Gasteiger partial charge in [0.2, 0.25) is 0 Å². The lowest BCUT2D eigenvalue weighted by molar-refractivity contribution is 0.628. The van der Waals surface area contributed by atoms with E-state index in [1.54, 1.807) is 48.5 Å². The summed E-state index contributed by atoms with van der Waals surface area (Å²) in [5.74, 6) is 0.460. The zero-order chi connectivity index (χ0) is 20.8. The number of nitrogens with zero attached hydrogens (tertiary/aromatic N) is 5. The molecular formula is C21H14ClFN6O. The minimum atomic E-state index is -0.398. The Morgan fingerprint density at radius 1 is 1.10 bits per heavy atom. The highest BCUT2D eigenvalue weighted by Gasteiger charge is 2.16. The predicted octanol–water partition coefficient (Wildman–Crippen LogP) is 3.97. The Labute approximate surface area is 174 Å². The lowest BCUT2D eigenvalue weighted by Crippen LogP contribution is -2.18. The molecule has 4 heterocycles. The van der Waals surface area contributed by atoms with Crippen molar-refractivity contribution in [1.82, 2.24) is 29.3 Å². The molecule has 9 heteroatoms. The maximum atomic E-state index is 14.0. The van der Waals surface area contributed by atoms with Crippen LogP contribution in [0.3, 0.4) is 0 Å². The SMILES string of the molecule is Cn1cnnc1-c1cc(F)ccc1-c1cc(Cl)nc(-n2ccc3cc[nH]c3c2=O)c1. The molecular weight excluding hydrogens is 407 g/mol. The van der Waals surface area contributed by atoms with E-state index in [-0.39, 0.29) is 10.7 Å². The predicted molar refractivity (Wildman–Crippen MR) is 112 cm³/mol. The molecule has 0 saturated carbocycles. The number of aryl methyl sites for hydroxylation is 1. The molecule has 0 saturated heterocycles. The van der Waals surface area contributed by atoms with E-state index < -0.39 is 5.82 Å². The molecule has 0 aliphatic heterocycles. The molecule has 4 aromatic heterocycles. The number of fused-ring (bicyclic) bond motifs is 1. The van der Waals surface area contributed by atoms with E-state index >= 15 is 0 Å². The number of benzene rings is 1. The third-order valence-electron chi connectivity index (χ3n) is 4.89. The van der Waals surface area contributed by atoms with Crippen molar-refractivity contribution in [3.05, 3.63) is 82.5 Å². The van der Waals surface area contributed by atoms with Crippen LogP contribution in [0.1, 0.15) is 0 Å². The number of pyridine rings is 2. The Balaban J connectivity index is 1.73. The van der Waals surface area contributed by atoms with E-state index in [2.05, 4.69) is 20.2 Å². The molecule has 0 fully saturated rings. The number of rotatable bonds is 3. The minimum absolute atomic E-state index is 0.203. The third kappa shape index (κ3) is 2.98. The van der Waals surface area contributed by atoms with Gasteiger partial charge in [-0.3, -0.25) is 9.36 Å². The van der Waals surface area contributed by atoms with Crippen molar-refractivity contribution >= 4 is 22.5 Å². The topological polar surface area (TPSA) is 81.4 Å². The highest BCUT2D eigenvalue weighted by molar-refractivity contribution is 6.29. The van der Waals surface area contributed by atoms with Crippen LogP contribution >= 0.6 is 11.6 Å².